The summed E-state index contributed by atoms with van der Waals surface area (Å²) in [6, 6.07) is 8.00. The first kappa shape index (κ1) is 31.8. The lowest BCUT2D eigenvalue weighted by atomic mass is 10.3. The molecule has 1 saturated heterocycles. The van der Waals surface area contributed by atoms with Gasteiger partial charge >= 0.3 is 11.8 Å². The fourth-order valence-corrected chi connectivity index (χ4v) is 4.33. The highest BCUT2D eigenvalue weighted by Crippen LogP contribution is 2.33. The van der Waals surface area contributed by atoms with Crippen LogP contribution in [0.3, 0.4) is 0 Å². The second kappa shape index (κ2) is 15.9. The molecule has 1 fully saturated rings. The van der Waals surface area contributed by atoms with Gasteiger partial charge in [-0.15, -0.1) is 12.8 Å². The number of ether oxygens (including phenoxy) is 2. The van der Waals surface area contributed by atoms with Crippen molar-refractivity contribution in [2.24, 2.45) is 0 Å². The minimum Gasteiger partial charge on any atom is -0.451 e. The molecule has 1 heterocycles. The average molecular weight is 585 g/mol. The summed E-state index contributed by atoms with van der Waals surface area (Å²) in [5.41, 5.74) is 1.49. The molecule has 0 bridgehead atoms. The molecule has 2 aromatic carbocycles. The number of nitrogens with zero attached hydrogens (tertiary/aromatic N) is 3. The largest absolute Gasteiger partial charge is 0.451 e. The van der Waals surface area contributed by atoms with E-state index in [0.29, 0.717) is 31.3 Å². The van der Waals surface area contributed by atoms with E-state index >= 15 is 0 Å². The molecule has 0 unspecified atom stereocenters. The molecule has 1 aliphatic rings. The van der Waals surface area contributed by atoms with Gasteiger partial charge in [0.2, 0.25) is 0 Å². The molecule has 0 aromatic heterocycles. The van der Waals surface area contributed by atoms with Crippen LogP contribution < -0.4 is 10.2 Å². The Morgan fingerprint density at radius 2 is 1.72 bits per heavy atom. The molecule has 0 saturated carbocycles. The molecule has 1 aliphatic heterocycles. The number of likely N-dealkylation sites (N-methyl/N-ethyl adjacent to an activating group) is 1. The van der Waals surface area contributed by atoms with Gasteiger partial charge in [-0.25, -0.2) is 18.6 Å². The Hall–Kier alpha value is -3.41. The normalized spacial score (nSPS) is 12.8. The highest BCUT2D eigenvalue weighted by molar-refractivity contribution is 7.97. The van der Waals surface area contributed by atoms with Gasteiger partial charge in [-0.2, -0.15) is 0 Å². The molecule has 3 amide bonds. The number of halogens is 3. The lowest BCUT2D eigenvalue weighted by Crippen LogP contribution is -2.49. The molecule has 0 aliphatic carbocycles. The third kappa shape index (κ3) is 9.68. The molecule has 14 heteroatoms. The van der Waals surface area contributed by atoms with Crippen molar-refractivity contribution in [3.8, 4) is 24.3 Å². The topological polar surface area (TPSA) is 112 Å². The van der Waals surface area contributed by atoms with Crippen LogP contribution in [0.1, 0.15) is 0 Å². The van der Waals surface area contributed by atoms with Crippen molar-refractivity contribution in [1.29, 1.82) is 0 Å². The summed E-state index contributed by atoms with van der Waals surface area (Å²) in [4.78, 5) is 39.4. The van der Waals surface area contributed by atoms with Crippen molar-refractivity contribution in [3.63, 3.8) is 0 Å². The summed E-state index contributed by atoms with van der Waals surface area (Å²) >= 11 is 6.63. The van der Waals surface area contributed by atoms with Crippen LogP contribution >= 0.6 is 23.5 Å². The minimum absolute atomic E-state index is 0.0172. The second-order valence-corrected chi connectivity index (χ2v) is 9.50. The number of benzene rings is 2. The van der Waals surface area contributed by atoms with Gasteiger partial charge in [0.05, 0.1) is 19.8 Å². The molecule has 0 radical (unpaired) electrons. The summed E-state index contributed by atoms with van der Waals surface area (Å²) in [7, 11) is 1.43. The number of morpholine rings is 1. The highest BCUT2D eigenvalue weighted by Gasteiger charge is 2.27. The van der Waals surface area contributed by atoms with Crippen LogP contribution in [0.2, 0.25) is 5.02 Å². The zero-order valence-electron chi connectivity index (χ0n) is 20.9. The first-order valence-corrected chi connectivity index (χ1v) is 12.6. The smallest absolute Gasteiger partial charge is 0.312 e. The summed E-state index contributed by atoms with van der Waals surface area (Å²) in [5.74, 6) is -4.58. The molecule has 210 valence electrons. The van der Waals surface area contributed by atoms with Gasteiger partial charge in [0.15, 0.2) is 17.4 Å². The third-order valence-electron chi connectivity index (χ3n) is 5.20. The Morgan fingerprint density at radius 3 is 2.28 bits per heavy atom. The number of hydroxylamine groups is 1. The number of carbonyl (C=O) groups is 3. The molecule has 2 aromatic rings. The molecule has 10 nitrogen and oxygen atoms in total. The van der Waals surface area contributed by atoms with Crippen LogP contribution in [0.15, 0.2) is 41.3 Å². The van der Waals surface area contributed by atoms with Gasteiger partial charge in [-0.3, -0.25) is 19.6 Å². The van der Waals surface area contributed by atoms with Crippen LogP contribution in [-0.2, 0) is 19.1 Å². The Morgan fingerprint density at radius 1 is 1.13 bits per heavy atom. The van der Waals surface area contributed by atoms with E-state index in [9.17, 15) is 23.2 Å². The van der Waals surface area contributed by atoms with Crippen LogP contribution in [0.4, 0.5) is 8.78 Å². The molecule has 39 heavy (non-hydrogen) atoms. The summed E-state index contributed by atoms with van der Waals surface area (Å²) < 4.78 is 41.2. The maximum atomic E-state index is 14.7. The van der Waals surface area contributed by atoms with Gasteiger partial charge in [0.25, 0.3) is 5.91 Å². The molecule has 3 rings (SSSR count). The summed E-state index contributed by atoms with van der Waals surface area (Å²) in [6.07, 6.45) is 8.00. The third-order valence-corrected chi connectivity index (χ3v) is 6.47. The Balaban J connectivity index is 0.00000260. The fraction of sp³-hybridized carbons (Fsp3) is 0.320. The van der Waals surface area contributed by atoms with Crippen molar-refractivity contribution in [2.75, 3.05) is 53.0 Å². The van der Waals surface area contributed by atoms with Crippen LogP contribution in [0.25, 0.3) is 0 Å². The van der Waals surface area contributed by atoms with Crippen molar-refractivity contribution in [1.82, 2.24) is 19.6 Å². The standard InChI is InChI=1S/C23H25ClF2N4O6S.C2H2/c1-28(22(32)23(33)29-8-10-35-11-9-29)6-7-30(14-20(31)27-34)37-17-12-18(25)21(19(26)13-17)36-16-4-2-15(24)3-5-16;1-2/h2-5,12-13,34H,6-11,14H2,1H3,(H,27,31);1-2H. The predicted molar refractivity (Wildman–Crippen MR) is 140 cm³/mol. The lowest BCUT2D eigenvalue weighted by Gasteiger charge is -2.29. The predicted octanol–water partition coefficient (Wildman–Crippen LogP) is 2.79. The molecule has 0 spiro atoms. The first-order valence-electron chi connectivity index (χ1n) is 11.4. The summed E-state index contributed by atoms with van der Waals surface area (Å²) in [5, 5.41) is 9.34. The van der Waals surface area contributed by atoms with Crippen molar-refractivity contribution in [3.05, 3.63) is 53.1 Å². The van der Waals surface area contributed by atoms with Crippen molar-refractivity contribution >= 4 is 41.3 Å². The van der Waals surface area contributed by atoms with E-state index < -0.39 is 35.1 Å². The average Bonchev–Trinajstić information content (AvgIpc) is 2.95. The van der Waals surface area contributed by atoms with E-state index in [0.717, 1.165) is 24.1 Å². The van der Waals surface area contributed by atoms with E-state index in [1.807, 2.05) is 0 Å². The monoisotopic (exact) mass is 584 g/mol. The van der Waals surface area contributed by atoms with Crippen LogP contribution in [0, 0.1) is 24.5 Å². The number of carbonyl (C=O) groups excluding carboxylic acids is 3. The maximum absolute atomic E-state index is 14.7. The Kier molecular flexibility index (Phi) is 12.9. The first-order chi connectivity index (χ1) is 18.7. The molecule has 2 N–H and O–H groups in total. The lowest BCUT2D eigenvalue weighted by molar-refractivity contribution is -0.153. The van der Waals surface area contributed by atoms with Gasteiger partial charge in [-0.1, -0.05) is 11.6 Å². The quantitative estimate of drug-likeness (QED) is 0.152. The number of hydrogen-bond acceptors (Lipinski definition) is 8. The second-order valence-electron chi connectivity index (χ2n) is 7.89. The Labute approximate surface area is 233 Å². The molecular weight excluding hydrogens is 558 g/mol. The van der Waals surface area contributed by atoms with Crippen LogP contribution in [0.5, 0.6) is 11.5 Å². The maximum Gasteiger partial charge on any atom is 0.312 e. The van der Waals surface area contributed by atoms with Gasteiger partial charge in [-0.05, 0) is 48.3 Å². The molecular formula is C25H27ClF2N4O6S. The van der Waals surface area contributed by atoms with E-state index in [1.165, 1.54) is 50.9 Å². The van der Waals surface area contributed by atoms with Gasteiger partial charge in [0, 0.05) is 43.1 Å². The number of hydrogen-bond donors (Lipinski definition) is 2. The van der Waals surface area contributed by atoms with Crippen molar-refractivity contribution in [2.45, 2.75) is 4.90 Å². The van der Waals surface area contributed by atoms with Gasteiger partial charge in [0.1, 0.15) is 5.75 Å². The highest BCUT2D eigenvalue weighted by atomic mass is 35.5. The number of terminal acetylenes is 1. The van der Waals surface area contributed by atoms with E-state index in [1.54, 1.807) is 0 Å². The van der Waals surface area contributed by atoms with E-state index in [2.05, 4.69) is 12.8 Å². The van der Waals surface area contributed by atoms with Crippen molar-refractivity contribution < 1.29 is 37.8 Å². The SMILES string of the molecule is C#C.CN(CCN(CC(=O)NO)Sc1cc(F)c(Oc2ccc(Cl)cc2)c(F)c1)C(=O)C(=O)N1CCOCC1. The van der Waals surface area contributed by atoms with E-state index in [4.69, 9.17) is 26.3 Å². The molecule has 0 atom stereocenters. The minimum atomic E-state index is -0.979. The zero-order valence-corrected chi connectivity index (χ0v) is 22.5. The fourth-order valence-electron chi connectivity index (χ4n) is 3.24. The Bertz CT molecular complexity index is 1140. The number of rotatable bonds is 9. The number of amides is 3. The van der Waals surface area contributed by atoms with E-state index in [-0.39, 0.29) is 30.3 Å². The summed E-state index contributed by atoms with van der Waals surface area (Å²) in [6.45, 7) is 0.997. The van der Waals surface area contributed by atoms with Crippen LogP contribution in [-0.4, -0.2) is 90.0 Å². The zero-order chi connectivity index (χ0) is 28.9. The van der Waals surface area contributed by atoms with Gasteiger partial charge < -0.3 is 19.3 Å². The number of nitrogens with one attached hydrogen (secondary N) is 1.